The zero-order valence-corrected chi connectivity index (χ0v) is 17.4. The minimum absolute atomic E-state index is 0. The zero-order chi connectivity index (χ0) is 16.9. The Morgan fingerprint density at radius 3 is 2.46 bits per heavy atom. The highest BCUT2D eigenvalue weighted by Gasteiger charge is 2.06. The zero-order valence-electron chi connectivity index (χ0n) is 15.1. The third-order valence-corrected chi connectivity index (χ3v) is 3.16. The largest absolute Gasteiger partial charge is 0.493 e. The van der Waals surface area contributed by atoms with Crippen LogP contribution in [-0.2, 0) is 4.74 Å². The van der Waals surface area contributed by atoms with Crippen LogP contribution < -0.4 is 20.1 Å². The van der Waals surface area contributed by atoms with Gasteiger partial charge in [0, 0.05) is 38.1 Å². The number of nitrogens with zero attached hydrogens (tertiary/aromatic N) is 1. The van der Waals surface area contributed by atoms with Gasteiger partial charge in [0.05, 0.1) is 14.2 Å². The molecule has 6 nitrogen and oxygen atoms in total. The lowest BCUT2D eigenvalue weighted by Crippen LogP contribution is -2.30. The Morgan fingerprint density at radius 2 is 1.83 bits per heavy atom. The van der Waals surface area contributed by atoms with E-state index in [-0.39, 0.29) is 24.0 Å². The van der Waals surface area contributed by atoms with Gasteiger partial charge in [-0.15, -0.1) is 24.0 Å². The van der Waals surface area contributed by atoms with Gasteiger partial charge in [0.2, 0.25) is 0 Å². The van der Waals surface area contributed by atoms with Gasteiger partial charge in [-0.25, -0.2) is 0 Å². The topological polar surface area (TPSA) is 64.1 Å². The van der Waals surface area contributed by atoms with E-state index in [2.05, 4.69) is 15.6 Å². The summed E-state index contributed by atoms with van der Waals surface area (Å²) in [5, 5.41) is 6.51. The molecule has 24 heavy (non-hydrogen) atoms. The summed E-state index contributed by atoms with van der Waals surface area (Å²) in [5.74, 6) is 2.15. The fourth-order valence-electron chi connectivity index (χ4n) is 2.01. The number of benzene rings is 1. The van der Waals surface area contributed by atoms with Crippen molar-refractivity contribution >= 4 is 35.6 Å². The number of halogens is 1. The Balaban J connectivity index is 0.00000529. The third-order valence-electron chi connectivity index (χ3n) is 3.16. The van der Waals surface area contributed by atoms with Crippen molar-refractivity contribution in [1.82, 2.24) is 5.32 Å². The van der Waals surface area contributed by atoms with Crippen LogP contribution in [0.2, 0.25) is 0 Å². The first-order valence-corrected chi connectivity index (χ1v) is 8.10. The van der Waals surface area contributed by atoms with Crippen molar-refractivity contribution < 1.29 is 14.2 Å². The molecule has 1 rings (SSSR count). The van der Waals surface area contributed by atoms with Crippen molar-refractivity contribution in [3.8, 4) is 11.5 Å². The highest BCUT2D eigenvalue weighted by molar-refractivity contribution is 14.0. The van der Waals surface area contributed by atoms with Gasteiger partial charge < -0.3 is 24.8 Å². The van der Waals surface area contributed by atoms with Gasteiger partial charge in [0.25, 0.3) is 0 Å². The lowest BCUT2D eigenvalue weighted by Gasteiger charge is -2.13. The molecule has 0 aliphatic heterocycles. The fraction of sp³-hybridized carbons (Fsp3) is 0.588. The number of hydrogen-bond donors (Lipinski definition) is 2. The average Bonchev–Trinajstić information content (AvgIpc) is 2.57. The highest BCUT2D eigenvalue weighted by atomic mass is 127. The third kappa shape index (κ3) is 8.58. The number of hydrogen-bond acceptors (Lipinski definition) is 4. The summed E-state index contributed by atoms with van der Waals surface area (Å²) in [4.78, 5) is 4.57. The van der Waals surface area contributed by atoms with E-state index in [0.29, 0.717) is 11.5 Å². The van der Waals surface area contributed by atoms with Crippen LogP contribution in [0.1, 0.15) is 26.7 Å². The molecule has 0 spiro atoms. The predicted molar refractivity (Wildman–Crippen MR) is 110 cm³/mol. The fourth-order valence-corrected chi connectivity index (χ4v) is 2.01. The van der Waals surface area contributed by atoms with Gasteiger partial charge in [-0.1, -0.05) is 0 Å². The SMILES string of the molecule is CCNC(=NCCCCOCC)Nc1ccc(OC)c(OC)c1.I. The number of guanidine groups is 1. The van der Waals surface area contributed by atoms with Crippen molar-refractivity contribution in [3.05, 3.63) is 18.2 Å². The summed E-state index contributed by atoms with van der Waals surface area (Å²) >= 11 is 0. The summed E-state index contributed by atoms with van der Waals surface area (Å²) < 4.78 is 15.9. The van der Waals surface area contributed by atoms with Crippen LogP contribution in [0.15, 0.2) is 23.2 Å². The molecule has 0 aliphatic rings. The minimum atomic E-state index is 0. The van der Waals surface area contributed by atoms with Gasteiger partial charge in [0.1, 0.15) is 0 Å². The van der Waals surface area contributed by atoms with E-state index < -0.39 is 0 Å². The second kappa shape index (κ2) is 14.2. The molecule has 0 heterocycles. The number of ether oxygens (including phenoxy) is 3. The molecule has 0 fully saturated rings. The molecule has 138 valence electrons. The van der Waals surface area contributed by atoms with Crippen LogP contribution in [0.4, 0.5) is 5.69 Å². The predicted octanol–water partition coefficient (Wildman–Crippen LogP) is 3.52. The monoisotopic (exact) mass is 451 g/mol. The van der Waals surface area contributed by atoms with Crippen LogP contribution >= 0.6 is 24.0 Å². The van der Waals surface area contributed by atoms with Gasteiger partial charge in [-0.3, -0.25) is 4.99 Å². The number of aliphatic imine (C=N–C) groups is 1. The van der Waals surface area contributed by atoms with E-state index in [9.17, 15) is 0 Å². The van der Waals surface area contributed by atoms with Gasteiger partial charge in [-0.05, 0) is 38.8 Å². The summed E-state index contributed by atoms with van der Waals surface area (Å²) in [6.45, 7) is 7.18. The summed E-state index contributed by atoms with van der Waals surface area (Å²) in [7, 11) is 3.25. The van der Waals surface area contributed by atoms with Crippen molar-refractivity contribution in [2.24, 2.45) is 4.99 Å². The minimum Gasteiger partial charge on any atom is -0.493 e. The number of anilines is 1. The number of unbranched alkanes of at least 4 members (excludes halogenated alkanes) is 1. The molecule has 1 aromatic rings. The van der Waals surface area contributed by atoms with E-state index >= 15 is 0 Å². The Bertz CT molecular complexity index is 484. The second-order valence-electron chi connectivity index (χ2n) is 4.86. The molecular weight excluding hydrogens is 421 g/mol. The van der Waals surface area contributed by atoms with E-state index in [1.165, 1.54) is 0 Å². The molecule has 0 atom stereocenters. The van der Waals surface area contributed by atoms with Crippen molar-refractivity contribution in [2.45, 2.75) is 26.7 Å². The van der Waals surface area contributed by atoms with E-state index in [0.717, 1.165) is 50.8 Å². The smallest absolute Gasteiger partial charge is 0.195 e. The number of rotatable bonds is 10. The van der Waals surface area contributed by atoms with Gasteiger partial charge >= 0.3 is 0 Å². The van der Waals surface area contributed by atoms with Crippen LogP contribution in [0, 0.1) is 0 Å². The summed E-state index contributed by atoms with van der Waals surface area (Å²) in [6, 6.07) is 5.69. The lowest BCUT2D eigenvalue weighted by atomic mass is 10.2. The highest BCUT2D eigenvalue weighted by Crippen LogP contribution is 2.29. The molecule has 0 saturated heterocycles. The molecule has 0 saturated carbocycles. The second-order valence-corrected chi connectivity index (χ2v) is 4.86. The first-order chi connectivity index (χ1) is 11.2. The quantitative estimate of drug-likeness (QED) is 0.247. The maximum absolute atomic E-state index is 5.33. The average molecular weight is 451 g/mol. The molecule has 7 heteroatoms. The van der Waals surface area contributed by atoms with Crippen LogP contribution in [-0.4, -0.2) is 46.5 Å². The normalized spacial score (nSPS) is 10.8. The van der Waals surface area contributed by atoms with Crippen molar-refractivity contribution in [1.29, 1.82) is 0 Å². The Labute approximate surface area is 162 Å². The molecule has 0 bridgehead atoms. The maximum atomic E-state index is 5.33. The standard InChI is InChI=1S/C17H29N3O3.HI/c1-5-18-17(19-11-7-8-12-23-6-2)20-14-9-10-15(21-3)16(13-14)22-4;/h9-10,13H,5-8,11-12H2,1-4H3,(H2,18,19,20);1H. The van der Waals surface area contributed by atoms with Crippen molar-refractivity contribution in [2.75, 3.05) is 45.8 Å². The number of nitrogens with one attached hydrogen (secondary N) is 2. The molecule has 0 aromatic heterocycles. The van der Waals surface area contributed by atoms with Gasteiger partial charge in [-0.2, -0.15) is 0 Å². The van der Waals surface area contributed by atoms with E-state index in [1.807, 2.05) is 32.0 Å². The van der Waals surface area contributed by atoms with E-state index in [1.54, 1.807) is 14.2 Å². The molecule has 0 aliphatic carbocycles. The van der Waals surface area contributed by atoms with Crippen molar-refractivity contribution in [3.63, 3.8) is 0 Å². The lowest BCUT2D eigenvalue weighted by molar-refractivity contribution is 0.144. The number of methoxy groups -OCH3 is 2. The summed E-state index contributed by atoms with van der Waals surface area (Å²) in [5.41, 5.74) is 0.900. The Morgan fingerprint density at radius 1 is 1.08 bits per heavy atom. The first-order valence-electron chi connectivity index (χ1n) is 8.10. The first kappa shape index (κ1) is 22.8. The Kier molecular flexibility index (Phi) is 13.4. The molecule has 0 amide bonds. The molecule has 2 N–H and O–H groups in total. The molecule has 0 radical (unpaired) electrons. The van der Waals surface area contributed by atoms with Crippen LogP contribution in [0.3, 0.4) is 0 Å². The molecule has 0 unspecified atom stereocenters. The summed E-state index contributed by atoms with van der Waals surface area (Å²) in [6.07, 6.45) is 2.02. The molecule has 1 aromatic carbocycles. The van der Waals surface area contributed by atoms with Crippen LogP contribution in [0.5, 0.6) is 11.5 Å². The Hall–Kier alpha value is -1.22. The molecular formula is C17H30IN3O3. The maximum Gasteiger partial charge on any atom is 0.195 e. The van der Waals surface area contributed by atoms with E-state index in [4.69, 9.17) is 14.2 Å². The van der Waals surface area contributed by atoms with Crippen LogP contribution in [0.25, 0.3) is 0 Å². The van der Waals surface area contributed by atoms with Gasteiger partial charge in [0.15, 0.2) is 17.5 Å².